The number of fused-ring (bicyclic) bond motifs is 2. The standard InChI is InChI=1S/C22H27N3O3/c1-2-28-21(27)22(12-16-6-4-3-5-7-16)13-18-9-10-19(22)25(18)20(26)11-8-17-14-23-24-15-17/h3-7,14-15,18-19H,2,8-13H2,1H3,(H,23,24)/t18-,19+,22+/m1/s1. The molecule has 2 aliphatic heterocycles. The van der Waals surface area contributed by atoms with Crippen molar-refractivity contribution in [3.05, 3.63) is 53.9 Å². The van der Waals surface area contributed by atoms with E-state index in [9.17, 15) is 9.59 Å². The van der Waals surface area contributed by atoms with Gasteiger partial charge in [-0.3, -0.25) is 14.7 Å². The van der Waals surface area contributed by atoms with E-state index in [1.165, 1.54) is 0 Å². The summed E-state index contributed by atoms with van der Waals surface area (Å²) in [4.78, 5) is 28.2. The van der Waals surface area contributed by atoms with Gasteiger partial charge in [-0.1, -0.05) is 30.3 Å². The van der Waals surface area contributed by atoms with Gasteiger partial charge in [0.1, 0.15) is 0 Å². The highest BCUT2D eigenvalue weighted by molar-refractivity contribution is 5.84. The molecule has 1 aromatic heterocycles. The Morgan fingerprint density at radius 1 is 1.25 bits per heavy atom. The van der Waals surface area contributed by atoms with Crippen molar-refractivity contribution in [2.75, 3.05) is 6.61 Å². The molecule has 0 radical (unpaired) electrons. The number of esters is 1. The number of aromatic amines is 1. The zero-order valence-electron chi connectivity index (χ0n) is 16.3. The van der Waals surface area contributed by atoms with Crippen LogP contribution in [0, 0.1) is 5.41 Å². The minimum atomic E-state index is -0.633. The lowest BCUT2D eigenvalue weighted by Crippen LogP contribution is -2.47. The first-order valence-corrected chi connectivity index (χ1v) is 10.1. The van der Waals surface area contributed by atoms with Crippen LogP contribution in [0.25, 0.3) is 0 Å². The van der Waals surface area contributed by atoms with E-state index in [1.54, 1.807) is 6.20 Å². The van der Waals surface area contributed by atoms with E-state index in [2.05, 4.69) is 22.3 Å². The second kappa shape index (κ2) is 7.78. The number of rotatable bonds is 7. The smallest absolute Gasteiger partial charge is 0.314 e. The van der Waals surface area contributed by atoms with Gasteiger partial charge in [0.2, 0.25) is 5.91 Å². The molecule has 1 aromatic carbocycles. The first-order chi connectivity index (χ1) is 13.6. The molecule has 28 heavy (non-hydrogen) atoms. The summed E-state index contributed by atoms with van der Waals surface area (Å²) in [7, 11) is 0. The van der Waals surface area contributed by atoms with Crippen molar-refractivity contribution in [3.63, 3.8) is 0 Å². The molecule has 0 spiro atoms. The third kappa shape index (κ3) is 3.32. The lowest BCUT2D eigenvalue weighted by atomic mass is 9.70. The molecule has 1 N–H and O–H groups in total. The fourth-order valence-corrected chi connectivity index (χ4v) is 5.07. The van der Waals surface area contributed by atoms with Crippen LogP contribution in [0.5, 0.6) is 0 Å². The SMILES string of the molecule is CCOC(=O)[C@@]1(Cc2ccccc2)C[C@H]2CC[C@@H]1N2C(=O)CCc1cn[nH]c1. The second-order valence-corrected chi connectivity index (χ2v) is 7.90. The van der Waals surface area contributed by atoms with Crippen LogP contribution >= 0.6 is 0 Å². The molecule has 0 saturated carbocycles. The lowest BCUT2D eigenvalue weighted by molar-refractivity contribution is -0.158. The first-order valence-electron chi connectivity index (χ1n) is 10.1. The quantitative estimate of drug-likeness (QED) is 0.749. The second-order valence-electron chi connectivity index (χ2n) is 7.90. The zero-order chi connectivity index (χ0) is 19.6. The van der Waals surface area contributed by atoms with Crippen LogP contribution in [-0.2, 0) is 27.2 Å². The minimum absolute atomic E-state index is 0.0754. The molecular weight excluding hydrogens is 354 g/mol. The number of carbonyl (C=O) groups excluding carboxylic acids is 2. The fraction of sp³-hybridized carbons (Fsp3) is 0.500. The van der Waals surface area contributed by atoms with E-state index < -0.39 is 5.41 Å². The van der Waals surface area contributed by atoms with Crippen LogP contribution in [-0.4, -0.2) is 45.7 Å². The Morgan fingerprint density at radius 3 is 2.79 bits per heavy atom. The van der Waals surface area contributed by atoms with Crippen LogP contribution in [0.3, 0.4) is 0 Å². The summed E-state index contributed by atoms with van der Waals surface area (Å²) in [5, 5.41) is 6.73. The zero-order valence-corrected chi connectivity index (χ0v) is 16.3. The minimum Gasteiger partial charge on any atom is -0.465 e. The number of benzene rings is 1. The Labute approximate surface area is 165 Å². The largest absolute Gasteiger partial charge is 0.465 e. The molecule has 148 valence electrons. The van der Waals surface area contributed by atoms with Crippen molar-refractivity contribution < 1.29 is 14.3 Å². The van der Waals surface area contributed by atoms with Gasteiger partial charge in [0.05, 0.1) is 18.2 Å². The number of aryl methyl sites for hydroxylation is 1. The molecule has 0 aliphatic carbocycles. The molecule has 2 fully saturated rings. The number of H-pyrrole nitrogens is 1. The van der Waals surface area contributed by atoms with Gasteiger partial charge in [0, 0.05) is 24.7 Å². The summed E-state index contributed by atoms with van der Waals surface area (Å²) in [6, 6.07) is 10.1. The van der Waals surface area contributed by atoms with Gasteiger partial charge in [-0.2, -0.15) is 5.10 Å². The molecular formula is C22H27N3O3. The summed E-state index contributed by atoms with van der Waals surface area (Å²) in [6.45, 7) is 2.20. The van der Waals surface area contributed by atoms with E-state index in [0.717, 1.165) is 24.0 Å². The van der Waals surface area contributed by atoms with Gasteiger partial charge in [-0.05, 0) is 50.2 Å². The molecule has 2 aliphatic rings. The molecule has 4 rings (SSSR count). The van der Waals surface area contributed by atoms with E-state index in [1.807, 2.05) is 36.2 Å². The molecule has 3 heterocycles. The number of amides is 1. The van der Waals surface area contributed by atoms with Crippen LogP contribution in [0.2, 0.25) is 0 Å². The van der Waals surface area contributed by atoms with Crippen molar-refractivity contribution >= 4 is 11.9 Å². The molecule has 2 saturated heterocycles. The highest BCUT2D eigenvalue weighted by Crippen LogP contribution is 2.52. The molecule has 2 bridgehead atoms. The van der Waals surface area contributed by atoms with E-state index in [4.69, 9.17) is 4.74 Å². The van der Waals surface area contributed by atoms with Crippen LogP contribution in [0.1, 0.15) is 43.7 Å². The highest BCUT2D eigenvalue weighted by Gasteiger charge is 2.61. The number of ether oxygens (including phenoxy) is 1. The lowest BCUT2D eigenvalue weighted by Gasteiger charge is -2.35. The summed E-state index contributed by atoms with van der Waals surface area (Å²) >= 11 is 0. The Hall–Kier alpha value is -2.63. The van der Waals surface area contributed by atoms with Crippen molar-refractivity contribution in [2.45, 2.75) is 57.5 Å². The summed E-state index contributed by atoms with van der Waals surface area (Å²) < 4.78 is 5.51. The van der Waals surface area contributed by atoms with E-state index in [-0.39, 0.29) is 24.0 Å². The van der Waals surface area contributed by atoms with Crippen molar-refractivity contribution in [3.8, 4) is 0 Å². The number of hydrogen-bond acceptors (Lipinski definition) is 4. The summed E-state index contributed by atoms with van der Waals surface area (Å²) in [5.41, 5.74) is 1.51. The van der Waals surface area contributed by atoms with E-state index in [0.29, 0.717) is 32.3 Å². The molecule has 6 nitrogen and oxygen atoms in total. The van der Waals surface area contributed by atoms with Crippen LogP contribution in [0.4, 0.5) is 0 Å². The Kier molecular flexibility index (Phi) is 5.20. The number of aromatic nitrogens is 2. The molecule has 2 aromatic rings. The van der Waals surface area contributed by atoms with Gasteiger partial charge >= 0.3 is 5.97 Å². The maximum absolute atomic E-state index is 13.1. The predicted octanol–water partition coefficient (Wildman–Crippen LogP) is 2.90. The summed E-state index contributed by atoms with van der Waals surface area (Å²) in [6.07, 6.45) is 7.84. The monoisotopic (exact) mass is 381 g/mol. The summed E-state index contributed by atoms with van der Waals surface area (Å²) in [5.74, 6) is -0.0216. The third-order valence-corrected chi connectivity index (χ3v) is 6.25. The Morgan fingerprint density at radius 2 is 2.07 bits per heavy atom. The van der Waals surface area contributed by atoms with Gasteiger partial charge in [0.25, 0.3) is 0 Å². The average Bonchev–Trinajstić information content (AvgIpc) is 3.43. The molecule has 6 heteroatoms. The van der Waals surface area contributed by atoms with Gasteiger partial charge < -0.3 is 9.64 Å². The van der Waals surface area contributed by atoms with Gasteiger partial charge in [-0.15, -0.1) is 0 Å². The van der Waals surface area contributed by atoms with Crippen molar-refractivity contribution in [1.82, 2.24) is 15.1 Å². The first kappa shape index (κ1) is 18.7. The van der Waals surface area contributed by atoms with Gasteiger partial charge in [-0.25, -0.2) is 0 Å². The van der Waals surface area contributed by atoms with E-state index >= 15 is 0 Å². The fourth-order valence-electron chi connectivity index (χ4n) is 5.07. The third-order valence-electron chi connectivity index (χ3n) is 6.25. The predicted molar refractivity (Wildman–Crippen MR) is 104 cm³/mol. The van der Waals surface area contributed by atoms with Gasteiger partial charge in [0.15, 0.2) is 0 Å². The number of nitrogens with zero attached hydrogens (tertiary/aromatic N) is 2. The van der Waals surface area contributed by atoms with Crippen molar-refractivity contribution in [2.24, 2.45) is 5.41 Å². The Balaban J connectivity index is 1.56. The molecule has 0 unspecified atom stereocenters. The maximum atomic E-state index is 13.1. The van der Waals surface area contributed by atoms with Crippen molar-refractivity contribution in [1.29, 1.82) is 0 Å². The maximum Gasteiger partial charge on any atom is 0.314 e. The Bertz CT molecular complexity index is 821. The number of carbonyl (C=O) groups is 2. The molecule has 3 atom stereocenters. The average molecular weight is 381 g/mol. The molecule has 1 amide bonds. The normalized spacial score (nSPS) is 25.8. The number of hydrogen-bond donors (Lipinski definition) is 1. The highest BCUT2D eigenvalue weighted by atomic mass is 16.5. The number of nitrogens with one attached hydrogen (secondary N) is 1. The topological polar surface area (TPSA) is 75.3 Å². The van der Waals surface area contributed by atoms with Crippen LogP contribution < -0.4 is 0 Å². The van der Waals surface area contributed by atoms with Crippen LogP contribution in [0.15, 0.2) is 42.7 Å².